The molecule has 0 aliphatic carbocycles. The highest BCUT2D eigenvalue weighted by Gasteiger charge is 2.19. The molecular weight excluding hydrogens is 256 g/mol. The Morgan fingerprint density at radius 2 is 1.90 bits per heavy atom. The fourth-order valence-corrected chi connectivity index (χ4v) is 1.81. The van der Waals surface area contributed by atoms with Crippen LogP contribution in [-0.4, -0.2) is 25.2 Å². The number of aromatic nitrogens is 4. The number of hydrogen-bond donors (Lipinski definition) is 1. The Morgan fingerprint density at radius 3 is 2.65 bits per heavy atom. The van der Waals surface area contributed by atoms with E-state index >= 15 is 0 Å². The molecule has 0 aliphatic rings. The summed E-state index contributed by atoms with van der Waals surface area (Å²) in [5, 5.41) is 14.0. The summed E-state index contributed by atoms with van der Waals surface area (Å²) in [6, 6.07) is 10.8. The highest BCUT2D eigenvalue weighted by atomic mass is 16.5. The normalized spacial score (nSPS) is 12.3. The van der Waals surface area contributed by atoms with E-state index in [1.165, 1.54) is 0 Å². The third-order valence-corrected chi connectivity index (χ3v) is 2.80. The van der Waals surface area contributed by atoms with Gasteiger partial charge in [0.25, 0.3) is 5.89 Å². The number of aliphatic hydroxyl groups is 1. The van der Waals surface area contributed by atoms with Gasteiger partial charge in [0.15, 0.2) is 6.10 Å². The van der Waals surface area contributed by atoms with Crippen LogP contribution < -0.4 is 0 Å². The first-order valence-corrected chi connectivity index (χ1v) is 6.10. The summed E-state index contributed by atoms with van der Waals surface area (Å²) < 4.78 is 5.10. The number of hydrogen-bond acceptors (Lipinski definition) is 6. The Bertz CT molecular complexity index is 712. The van der Waals surface area contributed by atoms with E-state index in [1.807, 2.05) is 18.2 Å². The monoisotopic (exact) mass is 268 g/mol. The van der Waals surface area contributed by atoms with Gasteiger partial charge in [-0.25, -0.2) is 9.97 Å². The first-order chi connectivity index (χ1) is 9.74. The zero-order valence-corrected chi connectivity index (χ0v) is 10.8. The lowest BCUT2D eigenvalue weighted by Gasteiger charge is -2.04. The van der Waals surface area contributed by atoms with Crippen molar-refractivity contribution in [2.45, 2.75) is 13.0 Å². The second kappa shape index (κ2) is 5.18. The van der Waals surface area contributed by atoms with E-state index in [2.05, 4.69) is 20.1 Å². The molecule has 2 aromatic heterocycles. The summed E-state index contributed by atoms with van der Waals surface area (Å²) in [5.41, 5.74) is 1.26. The maximum Gasteiger partial charge on any atom is 0.260 e. The van der Waals surface area contributed by atoms with E-state index in [-0.39, 0.29) is 5.89 Å². The van der Waals surface area contributed by atoms with Gasteiger partial charge in [-0.3, -0.25) is 0 Å². The Balaban J connectivity index is 1.91. The van der Waals surface area contributed by atoms with Crippen molar-refractivity contribution < 1.29 is 9.63 Å². The van der Waals surface area contributed by atoms with Gasteiger partial charge in [0.05, 0.1) is 0 Å². The minimum atomic E-state index is -0.944. The van der Waals surface area contributed by atoms with Gasteiger partial charge < -0.3 is 9.63 Å². The van der Waals surface area contributed by atoms with Crippen molar-refractivity contribution in [3.8, 4) is 11.5 Å². The molecule has 20 heavy (non-hydrogen) atoms. The van der Waals surface area contributed by atoms with E-state index in [1.54, 1.807) is 31.3 Å². The zero-order chi connectivity index (χ0) is 13.9. The smallest absolute Gasteiger partial charge is 0.260 e. The lowest BCUT2D eigenvalue weighted by Crippen LogP contribution is -1.99. The third-order valence-electron chi connectivity index (χ3n) is 2.80. The van der Waals surface area contributed by atoms with Gasteiger partial charge in [-0.15, -0.1) is 0 Å². The van der Waals surface area contributed by atoms with E-state index in [0.717, 1.165) is 0 Å². The summed E-state index contributed by atoms with van der Waals surface area (Å²) in [7, 11) is 0. The Morgan fingerprint density at radius 1 is 1.10 bits per heavy atom. The number of nitrogens with zero attached hydrogens (tertiary/aromatic N) is 4. The number of benzene rings is 1. The van der Waals surface area contributed by atoms with Crippen LogP contribution in [-0.2, 0) is 0 Å². The van der Waals surface area contributed by atoms with E-state index in [0.29, 0.717) is 22.9 Å². The SMILES string of the molecule is Cc1nccc(-c2noc(C(O)c3ccccc3)n2)n1. The van der Waals surface area contributed by atoms with Crippen molar-refractivity contribution >= 4 is 0 Å². The maximum atomic E-state index is 10.2. The standard InChI is InChI=1S/C14H12N4O2/c1-9-15-8-7-11(16-9)13-17-14(20-18-13)12(19)10-5-3-2-4-6-10/h2-8,12,19H,1H3. The number of aliphatic hydroxyl groups excluding tert-OH is 1. The number of rotatable bonds is 3. The average Bonchev–Trinajstić information content (AvgIpc) is 2.97. The summed E-state index contributed by atoms with van der Waals surface area (Å²) in [6.45, 7) is 1.78. The second-order valence-corrected chi connectivity index (χ2v) is 4.26. The first kappa shape index (κ1) is 12.4. The Kier molecular flexibility index (Phi) is 3.22. The van der Waals surface area contributed by atoms with Gasteiger partial charge in [0.1, 0.15) is 11.5 Å². The molecule has 0 saturated heterocycles. The van der Waals surface area contributed by atoms with Crippen molar-refractivity contribution in [1.29, 1.82) is 0 Å². The molecule has 1 N–H and O–H groups in total. The Hall–Kier alpha value is -2.60. The Labute approximate surface area is 115 Å². The van der Waals surface area contributed by atoms with Crippen molar-refractivity contribution in [3.05, 3.63) is 59.9 Å². The average molecular weight is 268 g/mol. The molecule has 0 bridgehead atoms. The summed E-state index contributed by atoms with van der Waals surface area (Å²) >= 11 is 0. The van der Waals surface area contributed by atoms with E-state index in [9.17, 15) is 5.11 Å². The van der Waals surface area contributed by atoms with Crippen molar-refractivity contribution in [1.82, 2.24) is 20.1 Å². The molecule has 0 aliphatic heterocycles. The molecule has 2 heterocycles. The van der Waals surface area contributed by atoms with Crippen LogP contribution in [0.5, 0.6) is 0 Å². The van der Waals surface area contributed by atoms with Gasteiger partial charge in [-0.2, -0.15) is 4.98 Å². The van der Waals surface area contributed by atoms with E-state index in [4.69, 9.17) is 4.52 Å². The third kappa shape index (κ3) is 2.41. The molecule has 1 unspecified atom stereocenters. The molecule has 0 amide bonds. The zero-order valence-electron chi connectivity index (χ0n) is 10.8. The molecule has 0 fully saturated rings. The van der Waals surface area contributed by atoms with Crippen LogP contribution in [0.15, 0.2) is 47.1 Å². The molecule has 100 valence electrons. The molecule has 3 rings (SSSR count). The molecule has 6 nitrogen and oxygen atoms in total. The van der Waals surface area contributed by atoms with Gasteiger partial charge in [-0.1, -0.05) is 35.5 Å². The van der Waals surface area contributed by atoms with E-state index < -0.39 is 6.10 Å². The van der Waals surface area contributed by atoms with Gasteiger partial charge in [-0.05, 0) is 18.6 Å². The predicted molar refractivity (Wildman–Crippen MR) is 70.6 cm³/mol. The van der Waals surface area contributed by atoms with Gasteiger partial charge in [0, 0.05) is 6.20 Å². The van der Waals surface area contributed by atoms with Crippen LogP contribution in [0, 0.1) is 6.92 Å². The molecule has 0 spiro atoms. The quantitative estimate of drug-likeness (QED) is 0.781. The molecule has 1 aromatic carbocycles. The minimum Gasteiger partial charge on any atom is -0.378 e. The molecule has 1 atom stereocenters. The number of aryl methyl sites for hydroxylation is 1. The summed E-state index contributed by atoms with van der Waals surface area (Å²) in [4.78, 5) is 12.4. The lowest BCUT2D eigenvalue weighted by atomic mass is 10.1. The van der Waals surface area contributed by atoms with Crippen LogP contribution in [0.1, 0.15) is 23.4 Å². The van der Waals surface area contributed by atoms with Crippen LogP contribution in [0.4, 0.5) is 0 Å². The first-order valence-electron chi connectivity index (χ1n) is 6.10. The largest absolute Gasteiger partial charge is 0.378 e. The second-order valence-electron chi connectivity index (χ2n) is 4.26. The summed E-state index contributed by atoms with van der Waals surface area (Å²) in [6.07, 6.45) is 0.682. The lowest BCUT2D eigenvalue weighted by molar-refractivity contribution is 0.170. The topological polar surface area (TPSA) is 84.9 Å². The highest BCUT2D eigenvalue weighted by Crippen LogP contribution is 2.22. The summed E-state index contributed by atoms with van der Waals surface area (Å²) in [5.74, 6) is 1.10. The molecule has 0 saturated carbocycles. The molecule has 0 radical (unpaired) electrons. The predicted octanol–water partition coefficient (Wildman–Crippen LogP) is 1.92. The molecular formula is C14H12N4O2. The van der Waals surface area contributed by atoms with Crippen molar-refractivity contribution in [3.63, 3.8) is 0 Å². The minimum absolute atomic E-state index is 0.141. The maximum absolute atomic E-state index is 10.2. The van der Waals surface area contributed by atoms with Gasteiger partial charge in [0.2, 0.25) is 5.82 Å². The van der Waals surface area contributed by atoms with Crippen molar-refractivity contribution in [2.24, 2.45) is 0 Å². The fourth-order valence-electron chi connectivity index (χ4n) is 1.81. The highest BCUT2D eigenvalue weighted by molar-refractivity contribution is 5.47. The van der Waals surface area contributed by atoms with Crippen LogP contribution in [0.2, 0.25) is 0 Å². The van der Waals surface area contributed by atoms with Gasteiger partial charge >= 0.3 is 0 Å². The van der Waals surface area contributed by atoms with Crippen LogP contribution in [0.25, 0.3) is 11.5 Å². The van der Waals surface area contributed by atoms with Crippen LogP contribution in [0.3, 0.4) is 0 Å². The van der Waals surface area contributed by atoms with Crippen LogP contribution >= 0.6 is 0 Å². The fraction of sp³-hybridized carbons (Fsp3) is 0.143. The molecule has 6 heteroatoms. The van der Waals surface area contributed by atoms with Crippen molar-refractivity contribution in [2.75, 3.05) is 0 Å². The molecule has 3 aromatic rings.